The zero-order valence-electron chi connectivity index (χ0n) is 23.4. The molecule has 13 nitrogen and oxygen atoms in total. The summed E-state index contributed by atoms with van der Waals surface area (Å²) in [5, 5.41) is 4.38. The fourth-order valence-electron chi connectivity index (χ4n) is 4.41. The van der Waals surface area contributed by atoms with Gasteiger partial charge in [0.1, 0.15) is 6.04 Å². The third-order valence-electron chi connectivity index (χ3n) is 6.69. The Bertz CT molecular complexity index is 1570. The molecule has 0 aliphatic carbocycles. The molecule has 0 bridgehead atoms. The summed E-state index contributed by atoms with van der Waals surface area (Å²) in [5.74, 6) is -1.76. The van der Waals surface area contributed by atoms with Gasteiger partial charge in [0, 0.05) is 32.3 Å². The summed E-state index contributed by atoms with van der Waals surface area (Å²) >= 11 is 5.65. The van der Waals surface area contributed by atoms with E-state index in [0.717, 1.165) is 5.56 Å². The van der Waals surface area contributed by atoms with Gasteiger partial charge in [-0.3, -0.25) is 34.6 Å². The molecule has 4 N–H and O–H groups in total. The number of alkyl halides is 1. The number of nitrogens with one attached hydrogen (secondary N) is 2. The van der Waals surface area contributed by atoms with E-state index in [9.17, 15) is 28.8 Å². The predicted octanol–water partition coefficient (Wildman–Crippen LogP) is 3.18. The number of imide groups is 2. The van der Waals surface area contributed by atoms with E-state index in [1.54, 1.807) is 36.4 Å². The molecule has 44 heavy (non-hydrogen) atoms. The number of nitrogens with two attached hydrogens (primary N) is 1. The number of benzene rings is 2. The first-order valence-electron chi connectivity index (χ1n) is 12.9. The first-order chi connectivity index (χ1) is 20.5. The Morgan fingerprint density at radius 2 is 1.59 bits per heavy atom. The minimum Gasteiger partial charge on any atom is -0.465 e. The quantitative estimate of drug-likeness (QED) is 0.197. The Morgan fingerprint density at radius 1 is 1.00 bits per heavy atom. The van der Waals surface area contributed by atoms with Crippen LogP contribution in [-0.4, -0.2) is 59.6 Å². The molecule has 2 atom stereocenters. The molecular weight excluding hydrogens is 615 g/mol. The molecule has 5 rings (SSSR count). The van der Waals surface area contributed by atoms with Gasteiger partial charge in [0.2, 0.25) is 23.6 Å². The lowest BCUT2D eigenvalue weighted by Crippen LogP contribution is -2.52. The van der Waals surface area contributed by atoms with E-state index in [-0.39, 0.29) is 49.8 Å². The van der Waals surface area contributed by atoms with Crippen molar-refractivity contribution in [3.05, 3.63) is 81.5 Å². The van der Waals surface area contributed by atoms with Gasteiger partial charge in [-0.15, -0.1) is 24.0 Å². The van der Waals surface area contributed by atoms with Crippen molar-refractivity contribution >= 4 is 70.9 Å². The normalized spacial score (nSPS) is 18.4. The van der Waals surface area contributed by atoms with Crippen molar-refractivity contribution in [3.63, 3.8) is 0 Å². The molecule has 15 heteroatoms. The number of hydrogen-bond acceptors (Lipinski definition) is 8. The Hall–Kier alpha value is -4.82. The summed E-state index contributed by atoms with van der Waals surface area (Å²) < 4.78 is 4.58. The average molecular weight is 647 g/mol. The van der Waals surface area contributed by atoms with E-state index in [4.69, 9.17) is 30.5 Å². The molecule has 2 unspecified atom stereocenters. The molecule has 0 saturated carbocycles. The maximum atomic E-state index is 12.3. The smallest absolute Gasteiger partial charge is 0.338 e. The van der Waals surface area contributed by atoms with E-state index in [0.29, 0.717) is 53.9 Å². The number of hydrogen-bond donors (Lipinski definition) is 3. The Labute approximate surface area is 265 Å². The number of esters is 1. The SMILES string of the molecule is Cl.NC1CCC(=O)NC1=O.[2HH].[C-]#[N+]c1ccc(C(=O)OC)c(CCl)c1.[C-]#[N+]c1ccc2c(c1)CN(C1CCC(=O)NC1=O)C2=O. The number of halogens is 2. The fraction of sp³-hybridized carbons (Fsp3) is 0.310. The lowest BCUT2D eigenvalue weighted by Gasteiger charge is -2.29. The molecule has 0 spiro atoms. The molecule has 0 radical (unpaired) electrons. The highest BCUT2D eigenvalue weighted by molar-refractivity contribution is 6.17. The van der Waals surface area contributed by atoms with Crippen LogP contribution < -0.4 is 16.4 Å². The van der Waals surface area contributed by atoms with Gasteiger partial charge in [-0.2, -0.15) is 0 Å². The van der Waals surface area contributed by atoms with Gasteiger partial charge in [0.25, 0.3) is 5.91 Å². The number of ether oxygens (including phenoxy) is 1. The van der Waals surface area contributed by atoms with Crippen molar-refractivity contribution in [2.24, 2.45) is 5.73 Å². The highest BCUT2D eigenvalue weighted by atomic mass is 35.5. The number of piperidine rings is 2. The second-order valence-corrected chi connectivity index (χ2v) is 9.76. The zero-order chi connectivity index (χ0) is 31.7. The standard InChI is InChI=1S/C14H11N3O3.C10H8ClNO2.C5H8N2O2.ClH.H2/c1-15-9-2-3-10-8(6-9)7-17(14(10)20)11-4-5-12(18)16-13(11)19;1-12-8-3-4-9(10(13)14-2)7(5-8)6-11;6-3-1-2-4(8)7-5(3)9;;/h2-3,6,11H,4-5,7H2,(H,16,18,19);3-5H,6H2,2H3;3H,1-2,6H2,(H,7,8,9);2*1H/i;;;;1+1. The number of methoxy groups -OCH3 is 1. The minimum absolute atomic E-state index is 0. The number of rotatable bonds is 3. The number of carbonyl (C=O) groups is 6. The molecule has 2 saturated heterocycles. The van der Waals surface area contributed by atoms with Crippen LogP contribution in [0.25, 0.3) is 9.69 Å². The Kier molecular flexibility index (Phi) is 13.0. The van der Waals surface area contributed by atoms with Crippen molar-refractivity contribution in [3.8, 4) is 0 Å². The van der Waals surface area contributed by atoms with Gasteiger partial charge in [-0.25, -0.2) is 14.5 Å². The van der Waals surface area contributed by atoms with Crippen LogP contribution in [0.1, 0.15) is 59.0 Å². The number of fused-ring (bicyclic) bond motifs is 1. The third kappa shape index (κ3) is 8.61. The molecule has 2 aromatic rings. The second-order valence-electron chi connectivity index (χ2n) is 9.49. The minimum atomic E-state index is -0.607. The van der Waals surface area contributed by atoms with Crippen LogP contribution in [0.15, 0.2) is 36.4 Å². The summed E-state index contributed by atoms with van der Waals surface area (Å²) in [7, 11) is 1.31. The Balaban J connectivity index is 0.000000356. The van der Waals surface area contributed by atoms with E-state index < -0.39 is 24.0 Å². The molecular formula is C29H30Cl2N6O7. The van der Waals surface area contributed by atoms with Gasteiger partial charge in [-0.05, 0) is 24.0 Å². The molecule has 3 aliphatic heterocycles. The van der Waals surface area contributed by atoms with Crippen molar-refractivity contribution in [2.75, 3.05) is 7.11 Å². The molecule has 232 valence electrons. The van der Waals surface area contributed by atoms with E-state index >= 15 is 0 Å². The van der Waals surface area contributed by atoms with Crippen LogP contribution in [0, 0.1) is 13.1 Å². The monoisotopic (exact) mass is 645 g/mol. The molecule has 3 aliphatic rings. The average Bonchev–Trinajstić information content (AvgIpc) is 3.33. The summed E-state index contributed by atoms with van der Waals surface area (Å²) in [6.07, 6.45) is 1.43. The third-order valence-corrected chi connectivity index (χ3v) is 6.97. The summed E-state index contributed by atoms with van der Waals surface area (Å²) in [6.45, 7) is 14.1. The van der Waals surface area contributed by atoms with Gasteiger partial charge in [-0.1, -0.05) is 36.4 Å². The van der Waals surface area contributed by atoms with E-state index in [1.165, 1.54) is 12.0 Å². The first kappa shape index (κ1) is 35.4. The van der Waals surface area contributed by atoms with Gasteiger partial charge in [0.15, 0.2) is 11.4 Å². The van der Waals surface area contributed by atoms with Crippen LogP contribution >= 0.6 is 24.0 Å². The number of nitrogens with zero attached hydrogens (tertiary/aromatic N) is 3. The molecule has 0 aromatic heterocycles. The summed E-state index contributed by atoms with van der Waals surface area (Å²) in [5.41, 5.74) is 8.53. The highest BCUT2D eigenvalue weighted by Crippen LogP contribution is 2.30. The van der Waals surface area contributed by atoms with Crippen LogP contribution in [-0.2, 0) is 36.3 Å². The topological polar surface area (TPSA) is 174 Å². The first-order valence-corrected chi connectivity index (χ1v) is 13.4. The summed E-state index contributed by atoms with van der Waals surface area (Å²) in [4.78, 5) is 75.6. The molecule has 3 heterocycles. The highest BCUT2D eigenvalue weighted by Gasteiger charge is 2.38. The van der Waals surface area contributed by atoms with Crippen molar-refractivity contribution in [1.29, 1.82) is 0 Å². The lowest BCUT2D eigenvalue weighted by molar-refractivity contribution is -0.137. The second kappa shape index (κ2) is 16.1. The van der Waals surface area contributed by atoms with E-state index in [1.807, 2.05) is 0 Å². The largest absolute Gasteiger partial charge is 0.465 e. The van der Waals surface area contributed by atoms with Crippen LogP contribution in [0.3, 0.4) is 0 Å². The summed E-state index contributed by atoms with van der Waals surface area (Å²) in [6, 6.07) is 8.51. The van der Waals surface area contributed by atoms with Gasteiger partial charge >= 0.3 is 5.97 Å². The molecule has 5 amide bonds. The van der Waals surface area contributed by atoms with Crippen molar-refractivity contribution < 1.29 is 34.9 Å². The Morgan fingerprint density at radius 3 is 2.14 bits per heavy atom. The predicted molar refractivity (Wildman–Crippen MR) is 162 cm³/mol. The van der Waals surface area contributed by atoms with Gasteiger partial charge in [0.05, 0.1) is 31.9 Å². The van der Waals surface area contributed by atoms with Crippen molar-refractivity contribution in [2.45, 2.75) is 50.2 Å². The van der Waals surface area contributed by atoms with Crippen LogP contribution in [0.4, 0.5) is 11.4 Å². The lowest BCUT2D eigenvalue weighted by atomic mass is 10.0. The zero-order valence-corrected chi connectivity index (χ0v) is 25.0. The van der Waals surface area contributed by atoms with E-state index in [2.05, 4.69) is 25.1 Å². The maximum Gasteiger partial charge on any atom is 0.338 e. The number of carbonyl (C=O) groups excluding carboxylic acids is 6. The molecule has 2 aromatic carbocycles. The number of amides is 5. The fourth-order valence-corrected chi connectivity index (χ4v) is 4.63. The van der Waals surface area contributed by atoms with Gasteiger partial charge < -0.3 is 15.4 Å². The molecule has 2 fully saturated rings. The van der Waals surface area contributed by atoms with Crippen LogP contribution in [0.2, 0.25) is 0 Å². The maximum absolute atomic E-state index is 12.3. The van der Waals surface area contributed by atoms with Crippen LogP contribution in [0.5, 0.6) is 0 Å². The van der Waals surface area contributed by atoms with Crippen molar-refractivity contribution in [1.82, 2.24) is 15.5 Å².